The Balaban J connectivity index is 1.89. The largest absolute Gasteiger partial charge is 0.493 e. The third-order valence-corrected chi connectivity index (χ3v) is 3.78. The van der Waals surface area contributed by atoms with Crippen LogP contribution in [0.15, 0.2) is 24.3 Å². The molecule has 0 aliphatic carbocycles. The number of rotatable bonds is 3. The first kappa shape index (κ1) is 12.4. The highest BCUT2D eigenvalue weighted by atomic mass is 32.1. The predicted molar refractivity (Wildman–Crippen MR) is 77.1 cm³/mol. The van der Waals surface area contributed by atoms with E-state index in [4.69, 9.17) is 4.74 Å². The van der Waals surface area contributed by atoms with Gasteiger partial charge in [0.15, 0.2) is 5.82 Å². The average Bonchev–Trinajstić information content (AvgIpc) is 2.85. The average molecular weight is 275 g/mol. The van der Waals surface area contributed by atoms with Gasteiger partial charge in [-0.25, -0.2) is 4.98 Å². The van der Waals surface area contributed by atoms with E-state index in [1.54, 1.807) is 0 Å². The lowest BCUT2D eigenvalue weighted by molar-refractivity contribution is 0.275. The molecule has 1 aromatic carbocycles. The zero-order valence-corrected chi connectivity index (χ0v) is 11.9. The number of nitrogens with zero attached hydrogens (tertiary/aromatic N) is 2. The Morgan fingerprint density at radius 2 is 2.21 bits per heavy atom. The van der Waals surface area contributed by atoms with Gasteiger partial charge in [0.2, 0.25) is 5.13 Å². The van der Waals surface area contributed by atoms with E-state index in [9.17, 15) is 0 Å². The molecule has 0 fully saturated rings. The number of nitrogens with one attached hydrogen (secondary N) is 1. The molecule has 0 spiro atoms. The molecule has 1 N–H and O–H groups in total. The van der Waals surface area contributed by atoms with E-state index in [2.05, 4.69) is 34.6 Å². The molecule has 1 unspecified atom stereocenters. The van der Waals surface area contributed by atoms with Gasteiger partial charge < -0.3 is 10.1 Å². The fourth-order valence-corrected chi connectivity index (χ4v) is 3.06. The van der Waals surface area contributed by atoms with Crippen molar-refractivity contribution in [2.24, 2.45) is 0 Å². The Labute approximate surface area is 117 Å². The summed E-state index contributed by atoms with van der Waals surface area (Å²) in [5.41, 5.74) is 1.20. The molecule has 4 nitrogen and oxygen atoms in total. The van der Waals surface area contributed by atoms with Crippen LogP contribution >= 0.6 is 11.5 Å². The van der Waals surface area contributed by atoms with Gasteiger partial charge in [-0.15, -0.1) is 0 Å². The van der Waals surface area contributed by atoms with Crippen molar-refractivity contribution in [2.45, 2.75) is 32.2 Å². The third kappa shape index (κ3) is 2.56. The van der Waals surface area contributed by atoms with Crippen LogP contribution in [0.1, 0.15) is 37.6 Å². The summed E-state index contributed by atoms with van der Waals surface area (Å²) in [7, 11) is 0. The van der Waals surface area contributed by atoms with Gasteiger partial charge in [0.25, 0.3) is 0 Å². The summed E-state index contributed by atoms with van der Waals surface area (Å²) in [5.74, 6) is 2.12. The van der Waals surface area contributed by atoms with Crippen LogP contribution in [0.5, 0.6) is 5.75 Å². The molecule has 1 aliphatic heterocycles. The first-order valence-corrected chi connectivity index (χ1v) is 7.33. The normalized spacial score (nSPS) is 17.9. The minimum Gasteiger partial charge on any atom is -0.493 e. The van der Waals surface area contributed by atoms with Crippen LogP contribution in [0, 0.1) is 0 Å². The van der Waals surface area contributed by atoms with E-state index in [1.165, 1.54) is 17.1 Å². The van der Waals surface area contributed by atoms with Crippen molar-refractivity contribution in [3.63, 3.8) is 0 Å². The third-order valence-electron chi connectivity index (χ3n) is 3.12. The summed E-state index contributed by atoms with van der Waals surface area (Å²) in [4.78, 5) is 4.61. The molecular weight excluding hydrogens is 258 g/mol. The van der Waals surface area contributed by atoms with Crippen LogP contribution in [0.4, 0.5) is 5.13 Å². The molecular formula is C14H17N3OS. The zero-order valence-electron chi connectivity index (χ0n) is 11.1. The topological polar surface area (TPSA) is 47.0 Å². The lowest BCUT2D eigenvalue weighted by atomic mass is 9.93. The maximum absolute atomic E-state index is 5.68. The second kappa shape index (κ2) is 5.17. The van der Waals surface area contributed by atoms with Gasteiger partial charge in [-0.2, -0.15) is 4.37 Å². The standard InChI is InChI=1S/C14H17N3OS/c1-9(2)15-14-16-13(17-19-14)11-7-8-18-12-6-4-3-5-10(11)12/h3-6,9,11H,7-8H2,1-2H3,(H,15,16,17). The molecule has 0 saturated carbocycles. The molecule has 19 heavy (non-hydrogen) atoms. The second-order valence-electron chi connectivity index (χ2n) is 4.98. The molecule has 1 aliphatic rings. The van der Waals surface area contributed by atoms with Crippen LogP contribution < -0.4 is 10.1 Å². The Morgan fingerprint density at radius 1 is 1.37 bits per heavy atom. The number of fused-ring (bicyclic) bond motifs is 1. The number of hydrogen-bond acceptors (Lipinski definition) is 5. The highest BCUT2D eigenvalue weighted by Crippen LogP contribution is 2.37. The summed E-state index contributed by atoms with van der Waals surface area (Å²) in [6.07, 6.45) is 0.939. The fourth-order valence-electron chi connectivity index (χ4n) is 2.29. The summed E-state index contributed by atoms with van der Waals surface area (Å²) in [6.45, 7) is 4.93. The van der Waals surface area contributed by atoms with Gasteiger partial charge in [-0.05, 0) is 26.3 Å². The van der Waals surface area contributed by atoms with Crippen molar-refractivity contribution < 1.29 is 4.74 Å². The van der Waals surface area contributed by atoms with Crippen molar-refractivity contribution in [3.05, 3.63) is 35.7 Å². The Kier molecular flexibility index (Phi) is 3.38. The van der Waals surface area contributed by atoms with Crippen molar-refractivity contribution in [3.8, 4) is 5.75 Å². The Bertz CT molecular complexity index is 567. The van der Waals surface area contributed by atoms with Crippen molar-refractivity contribution >= 4 is 16.7 Å². The molecule has 5 heteroatoms. The molecule has 0 amide bonds. The lowest BCUT2D eigenvalue weighted by Gasteiger charge is -2.23. The van der Waals surface area contributed by atoms with Gasteiger partial charge in [-0.1, -0.05) is 18.2 Å². The molecule has 3 rings (SSSR count). The summed E-state index contributed by atoms with van der Waals surface area (Å²) in [6, 6.07) is 8.54. The van der Waals surface area contributed by atoms with Crippen LogP contribution in [-0.2, 0) is 0 Å². The number of hydrogen-bond donors (Lipinski definition) is 1. The second-order valence-corrected chi connectivity index (χ2v) is 5.74. The summed E-state index contributed by atoms with van der Waals surface area (Å²) < 4.78 is 10.2. The van der Waals surface area contributed by atoms with Gasteiger partial charge in [-0.3, -0.25) is 0 Å². The molecule has 0 bridgehead atoms. The lowest BCUT2D eigenvalue weighted by Crippen LogP contribution is -2.16. The smallest absolute Gasteiger partial charge is 0.202 e. The molecule has 100 valence electrons. The highest BCUT2D eigenvalue weighted by Gasteiger charge is 2.26. The summed E-state index contributed by atoms with van der Waals surface area (Å²) >= 11 is 1.43. The van der Waals surface area contributed by atoms with Crippen LogP contribution in [0.3, 0.4) is 0 Å². The van der Waals surface area contributed by atoms with Crippen molar-refractivity contribution in [1.82, 2.24) is 9.36 Å². The minimum atomic E-state index is 0.254. The van der Waals surface area contributed by atoms with E-state index >= 15 is 0 Å². The summed E-state index contributed by atoms with van der Waals surface area (Å²) in [5, 5.41) is 4.20. The maximum atomic E-state index is 5.68. The fraction of sp³-hybridized carbons (Fsp3) is 0.429. The number of para-hydroxylation sites is 1. The number of aromatic nitrogens is 2. The predicted octanol–water partition coefficient (Wildman–Crippen LogP) is 3.27. The zero-order chi connectivity index (χ0) is 13.2. The van der Waals surface area contributed by atoms with Crippen molar-refractivity contribution in [1.29, 1.82) is 0 Å². The molecule has 0 radical (unpaired) electrons. The minimum absolute atomic E-state index is 0.254. The van der Waals surface area contributed by atoms with E-state index in [1.807, 2.05) is 18.2 Å². The monoisotopic (exact) mass is 275 g/mol. The number of ether oxygens (including phenoxy) is 1. The highest BCUT2D eigenvalue weighted by molar-refractivity contribution is 7.09. The number of benzene rings is 1. The molecule has 2 heterocycles. The Morgan fingerprint density at radius 3 is 3.05 bits per heavy atom. The van der Waals surface area contributed by atoms with Crippen molar-refractivity contribution in [2.75, 3.05) is 11.9 Å². The van der Waals surface area contributed by atoms with E-state index < -0.39 is 0 Å². The van der Waals surface area contributed by atoms with E-state index in [0.717, 1.165) is 29.7 Å². The Hall–Kier alpha value is -1.62. The van der Waals surface area contributed by atoms with Crippen LogP contribution in [0.2, 0.25) is 0 Å². The van der Waals surface area contributed by atoms with Gasteiger partial charge in [0.1, 0.15) is 5.75 Å². The quantitative estimate of drug-likeness (QED) is 0.934. The SMILES string of the molecule is CC(C)Nc1nc(C2CCOc3ccccc32)ns1. The van der Waals surface area contributed by atoms with Crippen LogP contribution in [-0.4, -0.2) is 22.0 Å². The molecule has 0 saturated heterocycles. The molecule has 2 aromatic rings. The number of anilines is 1. The van der Waals surface area contributed by atoms with Gasteiger partial charge in [0.05, 0.1) is 12.5 Å². The van der Waals surface area contributed by atoms with Gasteiger partial charge >= 0.3 is 0 Å². The molecule has 1 atom stereocenters. The van der Waals surface area contributed by atoms with Crippen LogP contribution in [0.25, 0.3) is 0 Å². The maximum Gasteiger partial charge on any atom is 0.202 e. The van der Waals surface area contributed by atoms with Gasteiger partial charge in [0, 0.05) is 23.1 Å². The first-order valence-electron chi connectivity index (χ1n) is 6.56. The first-order chi connectivity index (χ1) is 9.24. The molecule has 1 aromatic heterocycles. The van der Waals surface area contributed by atoms with E-state index in [-0.39, 0.29) is 5.92 Å². The van der Waals surface area contributed by atoms with E-state index in [0.29, 0.717) is 6.04 Å².